The Balaban J connectivity index is 2.30. The monoisotopic (exact) mass is 402 g/mol. The second-order valence-electron chi connectivity index (χ2n) is 7.39. The van der Waals surface area contributed by atoms with E-state index in [1.54, 1.807) is 12.1 Å². The molecular formula is C22H30N2O3S. The Morgan fingerprint density at radius 2 is 1.64 bits per heavy atom. The van der Waals surface area contributed by atoms with Crippen molar-refractivity contribution >= 4 is 21.6 Å². The third-order valence-electron chi connectivity index (χ3n) is 5.01. The van der Waals surface area contributed by atoms with Gasteiger partial charge in [0.25, 0.3) is 0 Å². The third-order valence-corrected chi connectivity index (χ3v) is 6.19. The van der Waals surface area contributed by atoms with E-state index in [1.165, 1.54) is 9.87 Å². The zero-order chi connectivity index (χ0) is 21.1. The van der Waals surface area contributed by atoms with Crippen LogP contribution in [0.2, 0.25) is 0 Å². The average molecular weight is 403 g/mol. The number of nitrogens with zero attached hydrogens (tertiary/aromatic N) is 1. The number of carbonyl (C=O) groups is 1. The highest BCUT2D eigenvalue weighted by Crippen LogP contribution is 2.24. The van der Waals surface area contributed by atoms with Gasteiger partial charge >= 0.3 is 0 Å². The topological polar surface area (TPSA) is 66.5 Å². The maximum Gasteiger partial charge on any atom is 0.244 e. The lowest BCUT2D eigenvalue weighted by Gasteiger charge is -2.31. The average Bonchev–Trinajstić information content (AvgIpc) is 2.61. The number of sulfonamides is 1. The highest BCUT2D eigenvalue weighted by molar-refractivity contribution is 7.92. The van der Waals surface area contributed by atoms with E-state index in [2.05, 4.69) is 11.4 Å². The van der Waals surface area contributed by atoms with Crippen LogP contribution in [-0.4, -0.2) is 26.6 Å². The lowest BCUT2D eigenvalue weighted by molar-refractivity contribution is -0.122. The van der Waals surface area contributed by atoms with Gasteiger partial charge in [-0.15, -0.1) is 0 Å². The quantitative estimate of drug-likeness (QED) is 0.760. The van der Waals surface area contributed by atoms with Gasteiger partial charge in [-0.1, -0.05) is 42.8 Å². The molecule has 0 saturated heterocycles. The summed E-state index contributed by atoms with van der Waals surface area (Å²) >= 11 is 0. The lowest BCUT2D eigenvalue weighted by atomic mass is 10.0. The molecule has 0 spiro atoms. The van der Waals surface area contributed by atoms with Gasteiger partial charge in [0.1, 0.15) is 6.04 Å². The number of hydrogen-bond donors (Lipinski definition) is 1. The fraction of sp³-hybridized carbons (Fsp3) is 0.409. The van der Waals surface area contributed by atoms with Crippen molar-refractivity contribution in [3.63, 3.8) is 0 Å². The second kappa shape index (κ2) is 8.78. The van der Waals surface area contributed by atoms with Crippen molar-refractivity contribution in [3.05, 3.63) is 64.7 Å². The number of aryl methyl sites for hydroxylation is 3. The number of hydrogen-bond acceptors (Lipinski definition) is 3. The molecule has 0 unspecified atom stereocenters. The molecule has 2 aromatic rings. The molecule has 28 heavy (non-hydrogen) atoms. The van der Waals surface area contributed by atoms with Gasteiger partial charge < -0.3 is 5.32 Å². The SMILES string of the molecule is CC[C@H](C(=O)N[C@@H](C)c1ccc(C)c(C)c1)N(c1ccc(C)cc1)S(C)(=O)=O. The molecule has 152 valence electrons. The van der Waals surface area contributed by atoms with Gasteiger partial charge in [0, 0.05) is 0 Å². The van der Waals surface area contributed by atoms with Gasteiger partial charge in [0.15, 0.2) is 0 Å². The molecule has 0 fully saturated rings. The number of anilines is 1. The first-order valence-corrected chi connectivity index (χ1v) is 11.3. The molecule has 5 nitrogen and oxygen atoms in total. The van der Waals surface area contributed by atoms with Crippen molar-refractivity contribution in [2.75, 3.05) is 10.6 Å². The van der Waals surface area contributed by atoms with Crippen LogP contribution in [0.3, 0.4) is 0 Å². The zero-order valence-corrected chi connectivity index (χ0v) is 18.3. The second-order valence-corrected chi connectivity index (χ2v) is 9.25. The molecule has 0 aromatic heterocycles. The number of nitrogens with one attached hydrogen (secondary N) is 1. The van der Waals surface area contributed by atoms with Gasteiger partial charge in [0.05, 0.1) is 18.0 Å². The normalized spacial score (nSPS) is 13.6. The van der Waals surface area contributed by atoms with Crippen molar-refractivity contribution in [1.82, 2.24) is 5.32 Å². The fourth-order valence-electron chi connectivity index (χ4n) is 3.18. The fourth-order valence-corrected chi connectivity index (χ4v) is 4.39. The molecule has 0 aliphatic rings. The Hall–Kier alpha value is -2.34. The van der Waals surface area contributed by atoms with E-state index >= 15 is 0 Å². The maximum atomic E-state index is 13.0. The van der Waals surface area contributed by atoms with Crippen LogP contribution in [-0.2, 0) is 14.8 Å². The number of benzene rings is 2. The van der Waals surface area contributed by atoms with Gasteiger partial charge in [-0.2, -0.15) is 0 Å². The predicted octanol–water partition coefficient (Wildman–Crippen LogP) is 4.03. The summed E-state index contributed by atoms with van der Waals surface area (Å²) in [6.45, 7) is 9.73. The van der Waals surface area contributed by atoms with E-state index in [1.807, 2.05) is 58.9 Å². The van der Waals surface area contributed by atoms with Gasteiger partial charge in [-0.25, -0.2) is 8.42 Å². The Morgan fingerprint density at radius 3 is 2.14 bits per heavy atom. The van der Waals surface area contributed by atoms with E-state index in [9.17, 15) is 13.2 Å². The molecule has 1 amide bonds. The first kappa shape index (κ1) is 22.0. The Morgan fingerprint density at radius 1 is 1.04 bits per heavy atom. The first-order chi connectivity index (χ1) is 13.0. The van der Waals surface area contributed by atoms with Gasteiger partial charge in [0.2, 0.25) is 15.9 Å². The Kier molecular flexibility index (Phi) is 6.88. The van der Waals surface area contributed by atoms with Crippen LogP contribution < -0.4 is 9.62 Å². The predicted molar refractivity (Wildman–Crippen MR) is 115 cm³/mol. The zero-order valence-electron chi connectivity index (χ0n) is 17.5. The standard InChI is InChI=1S/C22H30N2O3S/c1-7-21(24(28(6,26)27)20-12-8-15(2)9-13-20)22(25)23-18(5)19-11-10-16(3)17(4)14-19/h8-14,18,21H,7H2,1-6H3,(H,23,25)/t18-,21+/m0/s1. The van der Waals surface area contributed by atoms with Gasteiger partial charge in [-0.05, 0) is 62.9 Å². The molecule has 6 heteroatoms. The molecule has 0 saturated carbocycles. The highest BCUT2D eigenvalue weighted by atomic mass is 32.2. The number of rotatable bonds is 7. The number of amides is 1. The van der Waals surface area contributed by atoms with Crippen molar-refractivity contribution in [3.8, 4) is 0 Å². The van der Waals surface area contributed by atoms with E-state index in [0.29, 0.717) is 12.1 Å². The summed E-state index contributed by atoms with van der Waals surface area (Å²) in [4.78, 5) is 13.0. The van der Waals surface area contributed by atoms with Crippen molar-refractivity contribution in [1.29, 1.82) is 0 Å². The molecule has 0 heterocycles. The summed E-state index contributed by atoms with van der Waals surface area (Å²) in [6.07, 6.45) is 1.50. The lowest BCUT2D eigenvalue weighted by Crippen LogP contribution is -2.49. The molecule has 1 N–H and O–H groups in total. The molecule has 0 radical (unpaired) electrons. The Labute approximate surface area is 168 Å². The van der Waals surface area contributed by atoms with Crippen LogP contribution in [0, 0.1) is 20.8 Å². The van der Waals surface area contributed by atoms with Crippen molar-refractivity contribution < 1.29 is 13.2 Å². The summed E-state index contributed by atoms with van der Waals surface area (Å²) < 4.78 is 26.2. The maximum absolute atomic E-state index is 13.0. The summed E-state index contributed by atoms with van der Waals surface area (Å²) in [5.41, 5.74) is 4.86. The van der Waals surface area contributed by atoms with Crippen LogP contribution in [0.5, 0.6) is 0 Å². The van der Waals surface area contributed by atoms with Gasteiger partial charge in [-0.3, -0.25) is 9.10 Å². The molecule has 2 atom stereocenters. The van der Waals surface area contributed by atoms with Crippen LogP contribution in [0.15, 0.2) is 42.5 Å². The minimum atomic E-state index is -3.63. The minimum absolute atomic E-state index is 0.222. The summed E-state index contributed by atoms with van der Waals surface area (Å²) in [5.74, 6) is -0.306. The molecule has 2 rings (SSSR count). The largest absolute Gasteiger partial charge is 0.348 e. The van der Waals surface area contributed by atoms with Crippen molar-refractivity contribution in [2.45, 2.75) is 53.1 Å². The van der Waals surface area contributed by atoms with Crippen LogP contribution in [0.1, 0.15) is 48.6 Å². The first-order valence-electron chi connectivity index (χ1n) is 9.48. The molecule has 0 bridgehead atoms. The summed E-state index contributed by atoms with van der Waals surface area (Å²) in [5, 5.41) is 2.98. The van der Waals surface area contributed by atoms with Crippen LogP contribution in [0.4, 0.5) is 5.69 Å². The van der Waals surface area contributed by atoms with Crippen LogP contribution >= 0.6 is 0 Å². The minimum Gasteiger partial charge on any atom is -0.348 e. The number of carbonyl (C=O) groups excluding carboxylic acids is 1. The summed E-state index contributed by atoms with van der Waals surface area (Å²) in [6, 6.07) is 12.2. The van der Waals surface area contributed by atoms with E-state index in [0.717, 1.165) is 22.9 Å². The summed E-state index contributed by atoms with van der Waals surface area (Å²) in [7, 11) is -3.63. The molecular weight excluding hydrogens is 372 g/mol. The van der Waals surface area contributed by atoms with Crippen molar-refractivity contribution in [2.24, 2.45) is 0 Å². The van der Waals surface area contributed by atoms with Crippen LogP contribution in [0.25, 0.3) is 0 Å². The Bertz CT molecular complexity index is 937. The van der Waals surface area contributed by atoms with E-state index < -0.39 is 16.1 Å². The third kappa shape index (κ3) is 5.13. The molecule has 0 aliphatic carbocycles. The highest BCUT2D eigenvalue weighted by Gasteiger charge is 2.32. The smallest absolute Gasteiger partial charge is 0.244 e. The van der Waals surface area contributed by atoms with E-state index in [4.69, 9.17) is 0 Å². The van der Waals surface area contributed by atoms with E-state index in [-0.39, 0.29) is 11.9 Å². The molecule has 0 aliphatic heterocycles. The molecule has 2 aromatic carbocycles.